The average molecular weight is 268 g/mol. The van der Waals surface area contributed by atoms with Gasteiger partial charge in [0.2, 0.25) is 0 Å². The van der Waals surface area contributed by atoms with Gasteiger partial charge >= 0.3 is 0 Å². The number of nitrogens with one attached hydrogen (secondary N) is 1. The molecule has 0 bridgehead atoms. The monoisotopic (exact) mass is 268 g/mol. The number of hydrogen-bond donors (Lipinski definition) is 1. The molecule has 3 heteroatoms. The summed E-state index contributed by atoms with van der Waals surface area (Å²) >= 11 is 0. The SMILES string of the molecule is CC[C@@H](NC(=O)c1cccnc1)c1ccc(C)c(C)c1. The molecule has 2 rings (SSSR count). The summed E-state index contributed by atoms with van der Waals surface area (Å²) in [5.41, 5.74) is 4.25. The summed E-state index contributed by atoms with van der Waals surface area (Å²) in [6, 6.07) is 9.90. The summed E-state index contributed by atoms with van der Waals surface area (Å²) < 4.78 is 0. The zero-order valence-electron chi connectivity index (χ0n) is 12.2. The van der Waals surface area contributed by atoms with E-state index in [-0.39, 0.29) is 11.9 Å². The van der Waals surface area contributed by atoms with E-state index in [9.17, 15) is 4.79 Å². The van der Waals surface area contributed by atoms with Crippen molar-refractivity contribution in [2.75, 3.05) is 0 Å². The Morgan fingerprint density at radius 2 is 2.05 bits per heavy atom. The molecule has 2 aromatic rings. The van der Waals surface area contributed by atoms with Crippen molar-refractivity contribution in [3.8, 4) is 0 Å². The second kappa shape index (κ2) is 6.33. The number of rotatable bonds is 4. The van der Waals surface area contributed by atoms with E-state index < -0.39 is 0 Å². The van der Waals surface area contributed by atoms with Crippen molar-refractivity contribution in [2.45, 2.75) is 33.2 Å². The van der Waals surface area contributed by atoms with Crippen LogP contribution < -0.4 is 5.32 Å². The molecule has 0 aliphatic rings. The van der Waals surface area contributed by atoms with Crippen LogP contribution in [0.1, 0.15) is 46.4 Å². The standard InChI is InChI=1S/C17H20N2O/c1-4-16(14-8-7-12(2)13(3)10-14)19-17(20)15-6-5-9-18-11-15/h5-11,16H,4H2,1-3H3,(H,19,20)/t16-/m1/s1. The molecule has 0 spiro atoms. The van der Waals surface area contributed by atoms with Crippen LogP contribution in [0.4, 0.5) is 0 Å². The second-order valence-corrected chi connectivity index (χ2v) is 5.02. The van der Waals surface area contributed by atoms with Crippen LogP contribution in [-0.2, 0) is 0 Å². The molecule has 1 N–H and O–H groups in total. The maximum absolute atomic E-state index is 12.2. The lowest BCUT2D eigenvalue weighted by Crippen LogP contribution is -2.28. The largest absolute Gasteiger partial charge is 0.345 e. The van der Waals surface area contributed by atoms with Gasteiger partial charge in [0.25, 0.3) is 5.91 Å². The molecule has 104 valence electrons. The first-order valence-electron chi connectivity index (χ1n) is 6.90. The van der Waals surface area contributed by atoms with Gasteiger partial charge in [0, 0.05) is 12.4 Å². The van der Waals surface area contributed by atoms with E-state index in [0.717, 1.165) is 12.0 Å². The van der Waals surface area contributed by atoms with Crippen molar-refractivity contribution >= 4 is 5.91 Å². The number of aromatic nitrogens is 1. The molecule has 1 atom stereocenters. The summed E-state index contributed by atoms with van der Waals surface area (Å²) in [5, 5.41) is 3.07. The Bertz CT molecular complexity index is 593. The minimum absolute atomic E-state index is 0.0296. The molecule has 0 unspecified atom stereocenters. The number of nitrogens with zero attached hydrogens (tertiary/aromatic N) is 1. The first-order chi connectivity index (χ1) is 9.61. The Labute approximate surface area is 120 Å². The molecule has 0 saturated heterocycles. The maximum Gasteiger partial charge on any atom is 0.253 e. The Kier molecular flexibility index (Phi) is 4.51. The van der Waals surface area contributed by atoms with E-state index in [1.165, 1.54) is 11.1 Å². The van der Waals surface area contributed by atoms with Crippen molar-refractivity contribution in [1.82, 2.24) is 10.3 Å². The minimum Gasteiger partial charge on any atom is -0.345 e. The average Bonchev–Trinajstić information content (AvgIpc) is 2.48. The fourth-order valence-electron chi connectivity index (χ4n) is 2.14. The fraction of sp³-hybridized carbons (Fsp3) is 0.294. The fourth-order valence-corrected chi connectivity index (χ4v) is 2.14. The third-order valence-corrected chi connectivity index (χ3v) is 3.57. The first kappa shape index (κ1) is 14.3. The van der Waals surface area contributed by atoms with Crippen molar-refractivity contribution in [2.24, 2.45) is 0 Å². The van der Waals surface area contributed by atoms with Gasteiger partial charge in [0.15, 0.2) is 0 Å². The van der Waals surface area contributed by atoms with Crippen LogP contribution in [0, 0.1) is 13.8 Å². The minimum atomic E-state index is -0.0804. The third-order valence-electron chi connectivity index (χ3n) is 3.57. The van der Waals surface area contributed by atoms with E-state index in [1.54, 1.807) is 24.5 Å². The molecule has 20 heavy (non-hydrogen) atoms. The van der Waals surface area contributed by atoms with Crippen molar-refractivity contribution in [3.05, 3.63) is 65.0 Å². The summed E-state index contributed by atoms with van der Waals surface area (Å²) in [6.45, 7) is 6.26. The normalized spacial score (nSPS) is 11.9. The van der Waals surface area contributed by atoms with Gasteiger partial charge < -0.3 is 5.32 Å². The second-order valence-electron chi connectivity index (χ2n) is 5.02. The van der Waals surface area contributed by atoms with Gasteiger partial charge in [-0.3, -0.25) is 9.78 Å². The Morgan fingerprint density at radius 3 is 2.65 bits per heavy atom. The summed E-state index contributed by atoms with van der Waals surface area (Å²) in [4.78, 5) is 16.2. The molecular weight excluding hydrogens is 248 g/mol. The highest BCUT2D eigenvalue weighted by Gasteiger charge is 2.14. The molecule has 0 aliphatic heterocycles. The lowest BCUT2D eigenvalue weighted by molar-refractivity contribution is 0.0935. The van der Waals surface area contributed by atoms with Crippen molar-refractivity contribution in [3.63, 3.8) is 0 Å². The molecule has 0 radical (unpaired) electrons. The number of carbonyl (C=O) groups is 1. The summed E-state index contributed by atoms with van der Waals surface area (Å²) in [6.07, 6.45) is 4.11. The number of hydrogen-bond acceptors (Lipinski definition) is 2. The van der Waals surface area contributed by atoms with Crippen LogP contribution in [0.25, 0.3) is 0 Å². The summed E-state index contributed by atoms with van der Waals surface area (Å²) in [5.74, 6) is -0.0804. The number of pyridine rings is 1. The number of carbonyl (C=O) groups excluding carboxylic acids is 1. The van der Waals surface area contributed by atoms with Gasteiger partial charge in [0.05, 0.1) is 11.6 Å². The van der Waals surface area contributed by atoms with Crippen molar-refractivity contribution < 1.29 is 4.79 Å². The zero-order valence-corrected chi connectivity index (χ0v) is 12.2. The molecule has 0 aliphatic carbocycles. The highest BCUT2D eigenvalue weighted by atomic mass is 16.1. The van der Waals surface area contributed by atoms with E-state index in [0.29, 0.717) is 5.56 Å². The summed E-state index contributed by atoms with van der Waals surface area (Å²) in [7, 11) is 0. The molecule has 1 amide bonds. The van der Waals surface area contributed by atoms with Crippen LogP contribution in [0.5, 0.6) is 0 Å². The quantitative estimate of drug-likeness (QED) is 0.921. The smallest absolute Gasteiger partial charge is 0.253 e. The lowest BCUT2D eigenvalue weighted by Gasteiger charge is -2.18. The molecule has 0 saturated carbocycles. The number of aryl methyl sites for hydroxylation is 2. The van der Waals surface area contributed by atoms with Crippen LogP contribution >= 0.6 is 0 Å². The van der Waals surface area contributed by atoms with E-state index >= 15 is 0 Å². The zero-order chi connectivity index (χ0) is 14.5. The Morgan fingerprint density at radius 1 is 1.25 bits per heavy atom. The maximum atomic E-state index is 12.2. The Hall–Kier alpha value is -2.16. The molecule has 1 aromatic carbocycles. The van der Waals surface area contributed by atoms with Crippen LogP contribution in [0.15, 0.2) is 42.7 Å². The van der Waals surface area contributed by atoms with E-state index in [4.69, 9.17) is 0 Å². The number of benzene rings is 1. The van der Waals surface area contributed by atoms with Crippen molar-refractivity contribution in [1.29, 1.82) is 0 Å². The predicted octanol–water partition coefficient (Wildman–Crippen LogP) is 3.58. The highest BCUT2D eigenvalue weighted by Crippen LogP contribution is 2.20. The third kappa shape index (κ3) is 3.23. The number of amides is 1. The van der Waals surface area contributed by atoms with Gasteiger partial charge in [-0.25, -0.2) is 0 Å². The van der Waals surface area contributed by atoms with Gasteiger partial charge in [0.1, 0.15) is 0 Å². The topological polar surface area (TPSA) is 42.0 Å². The van der Waals surface area contributed by atoms with Gasteiger partial charge in [-0.1, -0.05) is 25.1 Å². The molecular formula is C17H20N2O. The highest BCUT2D eigenvalue weighted by molar-refractivity contribution is 5.94. The first-order valence-corrected chi connectivity index (χ1v) is 6.90. The molecule has 1 heterocycles. The van der Waals surface area contributed by atoms with Crippen LogP contribution in [0.2, 0.25) is 0 Å². The van der Waals surface area contributed by atoms with Gasteiger partial charge in [-0.05, 0) is 49.1 Å². The molecule has 1 aromatic heterocycles. The van der Waals surface area contributed by atoms with Crippen LogP contribution in [-0.4, -0.2) is 10.9 Å². The molecule has 3 nitrogen and oxygen atoms in total. The van der Waals surface area contributed by atoms with Gasteiger partial charge in [-0.15, -0.1) is 0 Å². The Balaban J connectivity index is 2.16. The molecule has 0 fully saturated rings. The van der Waals surface area contributed by atoms with E-state index in [2.05, 4.69) is 49.3 Å². The lowest BCUT2D eigenvalue weighted by atomic mass is 9.99. The van der Waals surface area contributed by atoms with Crippen LogP contribution in [0.3, 0.4) is 0 Å². The predicted molar refractivity (Wildman–Crippen MR) is 80.7 cm³/mol. The van der Waals surface area contributed by atoms with E-state index in [1.807, 2.05) is 0 Å². The van der Waals surface area contributed by atoms with Gasteiger partial charge in [-0.2, -0.15) is 0 Å².